The molecule has 0 bridgehead atoms. The minimum Gasteiger partial charge on any atom is -0.305 e. The summed E-state index contributed by atoms with van der Waals surface area (Å²) in [5, 5.41) is 16.6. The summed E-state index contributed by atoms with van der Waals surface area (Å²) >= 11 is 0. The molecule has 239 valence electrons. The molecule has 3 nitrogen and oxygen atoms in total. The molecule has 0 aliphatic heterocycles. The number of benzene rings is 6. The molecular formula is C45H33IrN3-2. The summed E-state index contributed by atoms with van der Waals surface area (Å²) in [6.45, 7) is 6.80. The van der Waals surface area contributed by atoms with Gasteiger partial charge >= 0.3 is 0 Å². The monoisotopic (exact) mass is 808 g/mol. The van der Waals surface area contributed by atoms with Crippen LogP contribution in [0.25, 0.3) is 66.0 Å². The molecule has 49 heavy (non-hydrogen) atoms. The Hall–Kier alpha value is -5.46. The van der Waals surface area contributed by atoms with Crippen molar-refractivity contribution in [3.05, 3.63) is 169 Å². The summed E-state index contributed by atoms with van der Waals surface area (Å²) in [6.07, 6.45) is 3.62. The fraction of sp³-hybridized carbons (Fsp3) is 0.0889. The van der Waals surface area contributed by atoms with Gasteiger partial charge in [-0.2, -0.15) is 5.26 Å². The molecule has 2 aromatic heterocycles. The van der Waals surface area contributed by atoms with Gasteiger partial charge in [0.25, 0.3) is 0 Å². The van der Waals surface area contributed by atoms with Crippen LogP contribution in [0, 0.1) is 23.5 Å². The second-order valence-corrected chi connectivity index (χ2v) is 12.8. The van der Waals surface area contributed by atoms with Crippen molar-refractivity contribution in [2.24, 2.45) is 0 Å². The van der Waals surface area contributed by atoms with Gasteiger partial charge in [-0.15, -0.1) is 53.6 Å². The van der Waals surface area contributed by atoms with Gasteiger partial charge in [0, 0.05) is 32.5 Å². The van der Waals surface area contributed by atoms with Crippen molar-refractivity contribution in [3.63, 3.8) is 0 Å². The zero-order chi connectivity index (χ0) is 33.1. The Balaban J connectivity index is 0.000000176. The van der Waals surface area contributed by atoms with Crippen LogP contribution in [-0.4, -0.2) is 9.97 Å². The van der Waals surface area contributed by atoms with Crippen LogP contribution in [0.1, 0.15) is 31.9 Å². The molecule has 0 amide bonds. The van der Waals surface area contributed by atoms with Crippen molar-refractivity contribution < 1.29 is 20.1 Å². The number of pyridine rings is 2. The van der Waals surface area contributed by atoms with Crippen molar-refractivity contribution in [1.82, 2.24) is 9.97 Å². The van der Waals surface area contributed by atoms with Gasteiger partial charge in [-0.25, -0.2) is 0 Å². The number of hydrogen-bond acceptors (Lipinski definition) is 3. The van der Waals surface area contributed by atoms with Crippen molar-refractivity contribution in [3.8, 4) is 39.7 Å². The third kappa shape index (κ3) is 7.06. The first kappa shape index (κ1) is 33.4. The smallest absolute Gasteiger partial charge is 0.0789 e. The molecule has 6 aromatic carbocycles. The van der Waals surface area contributed by atoms with Gasteiger partial charge in [0.2, 0.25) is 0 Å². The summed E-state index contributed by atoms with van der Waals surface area (Å²) < 4.78 is 0. The van der Waals surface area contributed by atoms with Gasteiger partial charge in [0.05, 0.1) is 6.07 Å². The number of aromatic nitrogens is 2. The van der Waals surface area contributed by atoms with Crippen LogP contribution in [0.3, 0.4) is 0 Å². The van der Waals surface area contributed by atoms with E-state index >= 15 is 0 Å². The molecule has 0 aliphatic rings. The van der Waals surface area contributed by atoms with E-state index in [0.29, 0.717) is 5.56 Å². The maximum atomic E-state index is 8.96. The molecule has 0 spiro atoms. The Morgan fingerprint density at radius 3 is 1.94 bits per heavy atom. The number of fused-ring (bicyclic) bond motifs is 6. The average molecular weight is 808 g/mol. The van der Waals surface area contributed by atoms with Crippen LogP contribution >= 0.6 is 0 Å². The Bertz CT molecular complexity index is 2420. The van der Waals surface area contributed by atoms with Crippen LogP contribution in [0.15, 0.2) is 146 Å². The van der Waals surface area contributed by atoms with E-state index in [4.69, 9.17) is 5.26 Å². The minimum absolute atomic E-state index is 0. The molecule has 8 aromatic rings. The van der Waals surface area contributed by atoms with E-state index in [-0.39, 0.29) is 25.5 Å². The third-order valence-corrected chi connectivity index (χ3v) is 8.65. The molecule has 1 radical (unpaired) electrons. The standard InChI is InChI=1S/C27H22N.C18H11N2.Ir/c1-27(2,3)19-12-14-23-22-13-11-18(26-10-6-7-15-28-26)16-24(22)20-8-4-5-9-21(20)25(23)17-19;19-13-14-5-4-8-17(11-14)18-12-16(9-10-20-18)15-6-2-1-3-7-15;/h4-10,12-17H,1-3H3;1-7,9-12H;/q2*-1;. The number of rotatable bonds is 3. The molecular weight excluding hydrogens is 775 g/mol. The van der Waals surface area contributed by atoms with Gasteiger partial charge in [-0.1, -0.05) is 128 Å². The second kappa shape index (κ2) is 14.3. The van der Waals surface area contributed by atoms with Crippen molar-refractivity contribution in [2.75, 3.05) is 0 Å². The van der Waals surface area contributed by atoms with E-state index in [0.717, 1.165) is 33.6 Å². The van der Waals surface area contributed by atoms with Gasteiger partial charge in [-0.05, 0) is 67.3 Å². The molecule has 4 heteroatoms. The summed E-state index contributed by atoms with van der Waals surface area (Å²) in [6, 6.07) is 54.2. The van der Waals surface area contributed by atoms with Gasteiger partial charge in [0.1, 0.15) is 0 Å². The third-order valence-electron chi connectivity index (χ3n) is 8.65. The van der Waals surface area contributed by atoms with Crippen LogP contribution < -0.4 is 0 Å². The Labute approximate surface area is 301 Å². The van der Waals surface area contributed by atoms with Gasteiger partial charge < -0.3 is 9.97 Å². The van der Waals surface area contributed by atoms with E-state index in [2.05, 4.69) is 116 Å². The second-order valence-electron chi connectivity index (χ2n) is 12.8. The van der Waals surface area contributed by atoms with Crippen molar-refractivity contribution in [1.29, 1.82) is 5.26 Å². The Kier molecular flexibility index (Phi) is 9.79. The van der Waals surface area contributed by atoms with E-state index in [9.17, 15) is 0 Å². The topological polar surface area (TPSA) is 49.6 Å². The van der Waals surface area contributed by atoms with E-state index in [1.165, 1.54) is 37.9 Å². The summed E-state index contributed by atoms with van der Waals surface area (Å²) in [5.74, 6) is 0. The number of nitriles is 1. The summed E-state index contributed by atoms with van der Waals surface area (Å²) in [7, 11) is 0. The molecule has 0 aliphatic carbocycles. The largest absolute Gasteiger partial charge is 0.305 e. The Morgan fingerprint density at radius 2 is 1.22 bits per heavy atom. The maximum absolute atomic E-state index is 8.96. The first-order valence-corrected chi connectivity index (χ1v) is 16.0. The van der Waals surface area contributed by atoms with Crippen LogP contribution in [0.2, 0.25) is 0 Å². The summed E-state index contributed by atoms with van der Waals surface area (Å²) in [5.41, 5.74) is 7.99. The zero-order valence-electron chi connectivity index (χ0n) is 27.5. The predicted molar refractivity (Wildman–Crippen MR) is 198 cm³/mol. The minimum atomic E-state index is 0. The Morgan fingerprint density at radius 1 is 0.551 bits per heavy atom. The fourth-order valence-corrected chi connectivity index (χ4v) is 6.10. The van der Waals surface area contributed by atoms with Crippen LogP contribution in [0.5, 0.6) is 0 Å². The predicted octanol–water partition coefficient (Wildman–Crippen LogP) is 11.4. The first-order valence-electron chi connectivity index (χ1n) is 16.0. The van der Waals surface area contributed by atoms with E-state index in [1.807, 2.05) is 54.7 Å². The average Bonchev–Trinajstić information content (AvgIpc) is 3.15. The molecule has 0 N–H and O–H groups in total. The van der Waals surface area contributed by atoms with Gasteiger partial charge in [0.15, 0.2) is 0 Å². The van der Waals surface area contributed by atoms with Gasteiger partial charge in [-0.3, -0.25) is 0 Å². The molecule has 0 saturated carbocycles. The molecule has 0 atom stereocenters. The van der Waals surface area contributed by atoms with Crippen LogP contribution in [-0.2, 0) is 25.5 Å². The van der Waals surface area contributed by atoms with Crippen molar-refractivity contribution >= 4 is 32.3 Å². The molecule has 0 unspecified atom stereocenters. The SMILES string of the molecule is CC(C)(C)c1ccc2c3c[c-]c(-c4ccccn4)cc3c3ccccc3c2c1.N#Cc1cc[c-]c(-c2cc(-c3ccccc3)ccn2)c1.[Ir]. The van der Waals surface area contributed by atoms with Crippen LogP contribution in [0.4, 0.5) is 0 Å². The zero-order valence-corrected chi connectivity index (χ0v) is 29.9. The molecule has 0 fully saturated rings. The fourth-order valence-electron chi connectivity index (χ4n) is 6.10. The normalized spacial score (nSPS) is 11.0. The number of nitrogens with zero attached hydrogens (tertiary/aromatic N) is 3. The van der Waals surface area contributed by atoms with E-state index in [1.54, 1.807) is 24.4 Å². The quantitative estimate of drug-likeness (QED) is 0.132. The van der Waals surface area contributed by atoms with Crippen molar-refractivity contribution in [2.45, 2.75) is 26.2 Å². The summed E-state index contributed by atoms with van der Waals surface area (Å²) in [4.78, 5) is 8.88. The maximum Gasteiger partial charge on any atom is 0.0789 e. The molecule has 2 heterocycles. The first-order chi connectivity index (χ1) is 23.4. The van der Waals surface area contributed by atoms with E-state index < -0.39 is 0 Å². The number of hydrogen-bond donors (Lipinski definition) is 0. The molecule has 0 saturated heterocycles. The molecule has 8 rings (SSSR count).